The number of rotatable bonds is 6. The molecule has 0 saturated heterocycles. The number of halogens is 2. The van der Waals surface area contributed by atoms with Crippen LogP contribution in [-0.2, 0) is 25.3 Å². The first kappa shape index (κ1) is 15.8. The zero-order valence-electron chi connectivity index (χ0n) is 11.9. The molecule has 0 aliphatic carbocycles. The minimum absolute atomic E-state index is 0.0556. The van der Waals surface area contributed by atoms with Crippen molar-refractivity contribution in [3.63, 3.8) is 0 Å². The Labute approximate surface area is 137 Å². The second kappa shape index (κ2) is 6.90. The van der Waals surface area contributed by atoms with Crippen molar-refractivity contribution in [2.24, 2.45) is 7.05 Å². The highest BCUT2D eigenvalue weighted by Gasteiger charge is 2.31. The van der Waals surface area contributed by atoms with Crippen molar-refractivity contribution < 1.29 is 0 Å². The molecule has 0 saturated carbocycles. The van der Waals surface area contributed by atoms with Crippen LogP contribution in [0.5, 0.6) is 0 Å². The van der Waals surface area contributed by atoms with E-state index in [9.17, 15) is 0 Å². The first-order valence-electron chi connectivity index (χ1n) is 6.84. The molecule has 0 aliphatic rings. The number of benzene rings is 1. The van der Waals surface area contributed by atoms with Gasteiger partial charge in [-0.3, -0.25) is 4.68 Å². The number of alkyl halides is 2. The van der Waals surface area contributed by atoms with Crippen molar-refractivity contribution in [3.05, 3.63) is 53.3 Å². The van der Waals surface area contributed by atoms with Crippen molar-refractivity contribution in [1.29, 1.82) is 0 Å². The molecule has 1 heterocycles. The number of hydrogen-bond acceptors (Lipinski definition) is 1. The Kier molecular flexibility index (Phi) is 5.44. The van der Waals surface area contributed by atoms with E-state index in [1.54, 1.807) is 0 Å². The van der Waals surface area contributed by atoms with Crippen LogP contribution in [0.3, 0.4) is 0 Å². The minimum Gasteiger partial charge on any atom is -0.272 e. The Morgan fingerprint density at radius 2 is 1.80 bits per heavy atom. The lowest BCUT2D eigenvalue weighted by Gasteiger charge is -2.30. The third-order valence-electron chi connectivity index (χ3n) is 3.81. The molecule has 2 aromatic rings. The number of hydrogen-bond donors (Lipinski definition) is 0. The van der Waals surface area contributed by atoms with Crippen LogP contribution in [0.25, 0.3) is 0 Å². The zero-order chi connectivity index (χ0) is 14.6. The molecular formula is C16H20Br2N2. The zero-order valence-corrected chi connectivity index (χ0v) is 15.1. The summed E-state index contributed by atoms with van der Waals surface area (Å²) in [6.45, 7) is 2.14. The van der Waals surface area contributed by atoms with E-state index in [4.69, 9.17) is 0 Å². The molecule has 20 heavy (non-hydrogen) atoms. The molecule has 2 rings (SSSR count). The monoisotopic (exact) mass is 398 g/mol. The average molecular weight is 400 g/mol. The minimum atomic E-state index is 0.0556. The second-order valence-corrected chi connectivity index (χ2v) is 6.32. The van der Waals surface area contributed by atoms with Crippen molar-refractivity contribution in [2.45, 2.75) is 25.2 Å². The van der Waals surface area contributed by atoms with Gasteiger partial charge in [0.15, 0.2) is 0 Å². The summed E-state index contributed by atoms with van der Waals surface area (Å²) in [6, 6.07) is 12.9. The van der Waals surface area contributed by atoms with Crippen molar-refractivity contribution in [2.75, 3.05) is 10.7 Å². The topological polar surface area (TPSA) is 17.8 Å². The summed E-state index contributed by atoms with van der Waals surface area (Å²) in [7, 11) is 2.03. The van der Waals surface area contributed by atoms with Crippen LogP contribution in [0.2, 0.25) is 0 Å². The molecule has 0 atom stereocenters. The summed E-state index contributed by atoms with van der Waals surface area (Å²) in [5, 5.41) is 6.40. The summed E-state index contributed by atoms with van der Waals surface area (Å²) >= 11 is 7.43. The maximum Gasteiger partial charge on any atom is 0.0624 e. The lowest BCUT2D eigenvalue weighted by atomic mass is 9.80. The molecule has 0 radical (unpaired) electrons. The van der Waals surface area contributed by atoms with E-state index < -0.39 is 0 Å². The Bertz CT molecular complexity index is 545. The van der Waals surface area contributed by atoms with Gasteiger partial charge in [-0.15, -0.1) is 0 Å². The van der Waals surface area contributed by atoms with Crippen LogP contribution in [0, 0.1) is 0 Å². The van der Waals surface area contributed by atoms with E-state index >= 15 is 0 Å². The van der Waals surface area contributed by atoms with E-state index in [2.05, 4.69) is 80.3 Å². The van der Waals surface area contributed by atoms with Crippen LogP contribution < -0.4 is 0 Å². The largest absolute Gasteiger partial charge is 0.272 e. The van der Waals surface area contributed by atoms with Gasteiger partial charge in [-0.05, 0) is 18.1 Å². The van der Waals surface area contributed by atoms with Crippen molar-refractivity contribution >= 4 is 31.9 Å². The van der Waals surface area contributed by atoms with Crippen LogP contribution in [-0.4, -0.2) is 20.4 Å². The van der Waals surface area contributed by atoms with Crippen LogP contribution in [0.15, 0.2) is 36.4 Å². The normalized spacial score (nSPS) is 11.8. The first-order chi connectivity index (χ1) is 9.65. The molecule has 2 nitrogen and oxygen atoms in total. The fourth-order valence-electron chi connectivity index (χ4n) is 2.43. The van der Waals surface area contributed by atoms with Gasteiger partial charge in [0.05, 0.1) is 5.69 Å². The smallest absolute Gasteiger partial charge is 0.0624 e. The fraction of sp³-hybridized carbons (Fsp3) is 0.438. The van der Waals surface area contributed by atoms with Gasteiger partial charge in [-0.2, -0.15) is 5.10 Å². The lowest BCUT2D eigenvalue weighted by Crippen LogP contribution is -2.33. The second-order valence-electron chi connectivity index (χ2n) is 5.19. The van der Waals surface area contributed by atoms with Gasteiger partial charge in [0.2, 0.25) is 0 Å². The van der Waals surface area contributed by atoms with Crippen molar-refractivity contribution in [1.82, 2.24) is 9.78 Å². The third kappa shape index (κ3) is 3.17. The molecule has 4 heteroatoms. The Morgan fingerprint density at radius 3 is 2.30 bits per heavy atom. The lowest BCUT2D eigenvalue weighted by molar-refractivity contribution is 0.523. The standard InChI is InChI=1S/C16H20Br2N2/c1-3-14-9-15(20(2)19-14)10-16(11-17,12-18)13-7-5-4-6-8-13/h4-9H,3,10-12H2,1-2H3. The summed E-state index contributed by atoms with van der Waals surface area (Å²) in [5.74, 6) is 0. The third-order valence-corrected chi connectivity index (χ3v) is 5.95. The summed E-state index contributed by atoms with van der Waals surface area (Å²) in [4.78, 5) is 0. The summed E-state index contributed by atoms with van der Waals surface area (Å²) < 4.78 is 2.02. The van der Waals surface area contributed by atoms with Crippen molar-refractivity contribution in [3.8, 4) is 0 Å². The molecule has 0 N–H and O–H groups in total. The quantitative estimate of drug-likeness (QED) is 0.663. The summed E-state index contributed by atoms with van der Waals surface area (Å²) in [6.07, 6.45) is 1.95. The first-order valence-corrected chi connectivity index (χ1v) is 9.08. The van der Waals surface area contributed by atoms with Gasteiger partial charge in [0.25, 0.3) is 0 Å². The molecule has 0 aliphatic heterocycles. The maximum absolute atomic E-state index is 4.56. The Morgan fingerprint density at radius 1 is 1.15 bits per heavy atom. The predicted molar refractivity (Wildman–Crippen MR) is 92.0 cm³/mol. The van der Waals surface area contributed by atoms with Gasteiger partial charge >= 0.3 is 0 Å². The van der Waals surface area contributed by atoms with Crippen LogP contribution >= 0.6 is 31.9 Å². The fourth-order valence-corrected chi connectivity index (χ4v) is 4.41. The van der Waals surface area contributed by atoms with E-state index in [0.29, 0.717) is 0 Å². The molecule has 0 fully saturated rings. The van der Waals surface area contributed by atoms with E-state index in [1.807, 2.05) is 11.7 Å². The Balaban J connectivity index is 2.36. The van der Waals surface area contributed by atoms with Crippen LogP contribution in [0.1, 0.15) is 23.9 Å². The number of aryl methyl sites for hydroxylation is 2. The Hall–Kier alpha value is -0.610. The van der Waals surface area contributed by atoms with Gasteiger partial charge in [-0.1, -0.05) is 69.1 Å². The van der Waals surface area contributed by atoms with E-state index in [-0.39, 0.29) is 5.41 Å². The van der Waals surface area contributed by atoms with Crippen LogP contribution in [0.4, 0.5) is 0 Å². The van der Waals surface area contributed by atoms with Gasteiger partial charge in [-0.25, -0.2) is 0 Å². The number of nitrogens with zero attached hydrogens (tertiary/aromatic N) is 2. The highest BCUT2D eigenvalue weighted by molar-refractivity contribution is 9.09. The highest BCUT2D eigenvalue weighted by Crippen LogP contribution is 2.32. The van der Waals surface area contributed by atoms with E-state index in [1.165, 1.54) is 11.3 Å². The van der Waals surface area contributed by atoms with Gasteiger partial charge < -0.3 is 0 Å². The predicted octanol–water partition coefficient (Wildman–Crippen LogP) is 4.25. The van der Waals surface area contributed by atoms with E-state index in [0.717, 1.165) is 29.2 Å². The average Bonchev–Trinajstić information content (AvgIpc) is 2.86. The molecule has 0 unspecified atom stereocenters. The molecule has 0 bridgehead atoms. The molecule has 0 spiro atoms. The van der Waals surface area contributed by atoms with Gasteiger partial charge in [0.1, 0.15) is 0 Å². The summed E-state index contributed by atoms with van der Waals surface area (Å²) in [5.41, 5.74) is 3.85. The molecule has 1 aromatic heterocycles. The SMILES string of the molecule is CCc1cc(CC(CBr)(CBr)c2ccccc2)n(C)n1. The molecule has 1 aromatic carbocycles. The molecule has 108 valence electrons. The maximum atomic E-state index is 4.56. The highest BCUT2D eigenvalue weighted by atomic mass is 79.9. The molecular weight excluding hydrogens is 380 g/mol. The van der Waals surface area contributed by atoms with Gasteiger partial charge in [0, 0.05) is 35.2 Å². The molecule has 0 amide bonds. The number of aromatic nitrogens is 2.